The SMILES string of the molecule is Cc1nc(CSCC(=O)N2CCCC(CCO)C2)cs1. The Morgan fingerprint density at radius 1 is 1.65 bits per heavy atom. The maximum Gasteiger partial charge on any atom is 0.232 e. The minimum atomic E-state index is 0.226. The van der Waals surface area contributed by atoms with E-state index in [-0.39, 0.29) is 12.5 Å². The highest BCUT2D eigenvalue weighted by atomic mass is 32.2. The first-order valence-electron chi connectivity index (χ1n) is 7.06. The van der Waals surface area contributed by atoms with Gasteiger partial charge in [-0.25, -0.2) is 4.98 Å². The molecule has 6 heteroatoms. The molecule has 4 nitrogen and oxygen atoms in total. The quantitative estimate of drug-likeness (QED) is 0.875. The van der Waals surface area contributed by atoms with Crippen LogP contribution in [0, 0.1) is 12.8 Å². The molecule has 1 N–H and O–H groups in total. The molecular formula is C14H22N2O2S2. The summed E-state index contributed by atoms with van der Waals surface area (Å²) in [6.07, 6.45) is 3.01. The monoisotopic (exact) mass is 314 g/mol. The summed E-state index contributed by atoms with van der Waals surface area (Å²) in [5.74, 6) is 2.04. The Kier molecular flexibility index (Phi) is 6.32. The Bertz CT molecular complexity index is 435. The lowest BCUT2D eigenvalue weighted by atomic mass is 9.95. The van der Waals surface area contributed by atoms with E-state index in [0.717, 1.165) is 48.8 Å². The zero-order chi connectivity index (χ0) is 14.4. The molecule has 1 aromatic rings. The number of rotatable bonds is 6. The normalized spacial score (nSPS) is 19.3. The van der Waals surface area contributed by atoms with Crippen molar-refractivity contribution in [3.8, 4) is 0 Å². The van der Waals surface area contributed by atoms with Crippen LogP contribution in [-0.2, 0) is 10.5 Å². The topological polar surface area (TPSA) is 53.4 Å². The van der Waals surface area contributed by atoms with Crippen LogP contribution in [-0.4, -0.2) is 46.3 Å². The van der Waals surface area contributed by atoms with Gasteiger partial charge in [-0.05, 0) is 32.1 Å². The van der Waals surface area contributed by atoms with E-state index in [2.05, 4.69) is 10.4 Å². The number of aliphatic hydroxyl groups excluding tert-OH is 1. The number of amides is 1. The number of hydrogen-bond donors (Lipinski definition) is 1. The summed E-state index contributed by atoms with van der Waals surface area (Å²) in [5.41, 5.74) is 1.07. The van der Waals surface area contributed by atoms with Crippen LogP contribution < -0.4 is 0 Å². The molecule has 1 amide bonds. The third kappa shape index (κ3) is 4.75. The van der Waals surface area contributed by atoms with Crippen LogP contribution in [0.15, 0.2) is 5.38 Å². The van der Waals surface area contributed by atoms with E-state index in [1.165, 1.54) is 0 Å². The Labute approximate surface area is 128 Å². The van der Waals surface area contributed by atoms with Crippen molar-refractivity contribution in [1.82, 2.24) is 9.88 Å². The van der Waals surface area contributed by atoms with Gasteiger partial charge in [0, 0.05) is 30.8 Å². The largest absolute Gasteiger partial charge is 0.396 e. The van der Waals surface area contributed by atoms with Crippen LogP contribution in [0.3, 0.4) is 0 Å². The molecule has 112 valence electrons. The first-order chi connectivity index (χ1) is 9.69. The van der Waals surface area contributed by atoms with E-state index in [4.69, 9.17) is 5.11 Å². The van der Waals surface area contributed by atoms with Crippen LogP contribution in [0.25, 0.3) is 0 Å². The number of aromatic nitrogens is 1. The predicted molar refractivity (Wildman–Crippen MR) is 84.0 cm³/mol. The summed E-state index contributed by atoms with van der Waals surface area (Å²) < 4.78 is 0. The molecule has 1 aromatic heterocycles. The number of thiazole rings is 1. The van der Waals surface area contributed by atoms with Gasteiger partial charge in [0.1, 0.15) is 0 Å². The van der Waals surface area contributed by atoms with Crippen LogP contribution in [0.5, 0.6) is 0 Å². The van der Waals surface area contributed by atoms with Crippen LogP contribution in [0.2, 0.25) is 0 Å². The molecule has 1 aliphatic heterocycles. The highest BCUT2D eigenvalue weighted by molar-refractivity contribution is 7.99. The Balaban J connectivity index is 1.71. The average Bonchev–Trinajstić information content (AvgIpc) is 2.85. The molecule has 1 fully saturated rings. The molecule has 0 spiro atoms. The number of carbonyl (C=O) groups excluding carboxylic acids is 1. The minimum Gasteiger partial charge on any atom is -0.396 e. The molecule has 20 heavy (non-hydrogen) atoms. The first-order valence-corrected chi connectivity index (χ1v) is 9.10. The number of aryl methyl sites for hydroxylation is 1. The summed E-state index contributed by atoms with van der Waals surface area (Å²) in [5, 5.41) is 12.1. The molecule has 1 aliphatic rings. The summed E-state index contributed by atoms with van der Waals surface area (Å²) >= 11 is 3.29. The highest BCUT2D eigenvalue weighted by Gasteiger charge is 2.22. The van der Waals surface area contributed by atoms with E-state index in [0.29, 0.717) is 11.7 Å². The van der Waals surface area contributed by atoms with Gasteiger partial charge in [-0.15, -0.1) is 23.1 Å². The van der Waals surface area contributed by atoms with Crippen molar-refractivity contribution in [2.24, 2.45) is 5.92 Å². The van der Waals surface area contributed by atoms with Gasteiger partial charge in [-0.3, -0.25) is 4.79 Å². The van der Waals surface area contributed by atoms with Gasteiger partial charge in [0.25, 0.3) is 0 Å². The second-order valence-electron chi connectivity index (χ2n) is 5.21. The molecule has 1 saturated heterocycles. The van der Waals surface area contributed by atoms with Gasteiger partial charge >= 0.3 is 0 Å². The van der Waals surface area contributed by atoms with Crippen molar-refractivity contribution in [2.75, 3.05) is 25.4 Å². The second-order valence-corrected chi connectivity index (χ2v) is 7.26. The molecule has 0 radical (unpaired) electrons. The number of aliphatic hydroxyl groups is 1. The number of carbonyl (C=O) groups is 1. The molecule has 0 saturated carbocycles. The third-order valence-electron chi connectivity index (χ3n) is 3.55. The van der Waals surface area contributed by atoms with Gasteiger partial charge in [0.2, 0.25) is 5.91 Å². The van der Waals surface area contributed by atoms with Crippen molar-refractivity contribution in [2.45, 2.75) is 31.9 Å². The molecule has 0 bridgehead atoms. The summed E-state index contributed by atoms with van der Waals surface area (Å²) in [7, 11) is 0. The molecule has 0 aliphatic carbocycles. The fourth-order valence-corrected chi connectivity index (χ4v) is 4.05. The molecule has 1 unspecified atom stereocenters. The molecule has 0 aromatic carbocycles. The van der Waals surface area contributed by atoms with Crippen molar-refractivity contribution in [1.29, 1.82) is 0 Å². The van der Waals surface area contributed by atoms with Crippen LogP contribution in [0.1, 0.15) is 30.0 Å². The van der Waals surface area contributed by atoms with Gasteiger partial charge < -0.3 is 10.0 Å². The van der Waals surface area contributed by atoms with E-state index in [1.807, 2.05) is 11.8 Å². The lowest BCUT2D eigenvalue weighted by Crippen LogP contribution is -2.41. The summed E-state index contributed by atoms with van der Waals surface area (Å²) in [4.78, 5) is 18.5. The zero-order valence-electron chi connectivity index (χ0n) is 11.9. The number of thioether (sulfide) groups is 1. The van der Waals surface area contributed by atoms with E-state index < -0.39 is 0 Å². The second kappa shape index (κ2) is 8.00. The smallest absolute Gasteiger partial charge is 0.232 e. The van der Waals surface area contributed by atoms with Crippen LogP contribution in [0.4, 0.5) is 0 Å². The summed E-state index contributed by atoms with van der Waals surface area (Å²) in [6, 6.07) is 0. The number of likely N-dealkylation sites (tertiary alicyclic amines) is 1. The molecule has 1 atom stereocenters. The zero-order valence-corrected chi connectivity index (χ0v) is 13.5. The fourth-order valence-electron chi connectivity index (χ4n) is 2.52. The van der Waals surface area contributed by atoms with E-state index >= 15 is 0 Å². The molecular weight excluding hydrogens is 292 g/mol. The lowest BCUT2D eigenvalue weighted by molar-refractivity contribution is -0.130. The van der Waals surface area contributed by atoms with E-state index in [9.17, 15) is 4.79 Å². The Morgan fingerprint density at radius 3 is 3.20 bits per heavy atom. The maximum atomic E-state index is 12.2. The first kappa shape index (κ1) is 15.8. The lowest BCUT2D eigenvalue weighted by Gasteiger charge is -2.32. The maximum absolute atomic E-state index is 12.2. The van der Waals surface area contributed by atoms with Crippen molar-refractivity contribution in [3.63, 3.8) is 0 Å². The van der Waals surface area contributed by atoms with Gasteiger partial charge in [-0.2, -0.15) is 0 Å². The van der Waals surface area contributed by atoms with Gasteiger partial charge in [0.05, 0.1) is 16.5 Å². The Hall–Kier alpha value is -0.590. The van der Waals surface area contributed by atoms with Crippen LogP contribution >= 0.6 is 23.1 Å². The number of nitrogens with zero attached hydrogens (tertiary/aromatic N) is 2. The summed E-state index contributed by atoms with van der Waals surface area (Å²) in [6.45, 7) is 3.91. The highest BCUT2D eigenvalue weighted by Crippen LogP contribution is 2.21. The number of piperidine rings is 1. The average molecular weight is 314 g/mol. The fraction of sp³-hybridized carbons (Fsp3) is 0.714. The third-order valence-corrected chi connectivity index (χ3v) is 5.32. The molecule has 2 heterocycles. The standard InChI is InChI=1S/C14H22N2O2S2/c1-11-15-13(9-20-11)8-19-10-14(18)16-5-2-3-12(7-16)4-6-17/h9,12,17H,2-8,10H2,1H3. The van der Waals surface area contributed by atoms with Crippen molar-refractivity contribution < 1.29 is 9.90 Å². The Morgan fingerprint density at radius 2 is 2.50 bits per heavy atom. The predicted octanol–water partition coefficient (Wildman–Crippen LogP) is 2.31. The van der Waals surface area contributed by atoms with Crippen molar-refractivity contribution in [3.05, 3.63) is 16.1 Å². The number of hydrogen-bond acceptors (Lipinski definition) is 5. The van der Waals surface area contributed by atoms with Crippen molar-refractivity contribution >= 4 is 29.0 Å². The minimum absolute atomic E-state index is 0.226. The van der Waals surface area contributed by atoms with Gasteiger partial charge in [0.15, 0.2) is 0 Å². The van der Waals surface area contributed by atoms with E-state index in [1.54, 1.807) is 23.1 Å². The molecule has 2 rings (SSSR count). The van der Waals surface area contributed by atoms with Gasteiger partial charge in [-0.1, -0.05) is 0 Å².